The van der Waals surface area contributed by atoms with E-state index in [1.54, 1.807) is 6.92 Å². The van der Waals surface area contributed by atoms with Crippen LogP contribution in [0, 0.1) is 0 Å². The van der Waals surface area contributed by atoms with Crippen LogP contribution in [0.1, 0.15) is 55.3 Å². The van der Waals surface area contributed by atoms with Crippen molar-refractivity contribution in [2.75, 3.05) is 13.1 Å². The molecule has 0 saturated carbocycles. The second-order valence-electron chi connectivity index (χ2n) is 5.51. The molecule has 0 spiro atoms. The molecular weight excluding hydrogens is 324 g/mol. The van der Waals surface area contributed by atoms with Gasteiger partial charge in [0.05, 0.1) is 11.1 Å². The number of hydrogen-bond acceptors (Lipinski definition) is 6. The van der Waals surface area contributed by atoms with Gasteiger partial charge in [-0.05, 0) is 37.7 Å². The standard InChI is InChI=1S/C16H9NO5.C2H7N/c1-2-17-13(18)7-3-5-9-12-10(16(21)22-15(9)20)6-4-8(11(7)12)14(17)19;1-2-3/h3-6H,2H2,1H3;2-3H2,1H3. The molecule has 128 valence electrons. The summed E-state index contributed by atoms with van der Waals surface area (Å²) in [6, 6.07) is 5.92. The monoisotopic (exact) mass is 340 g/mol. The maximum absolute atomic E-state index is 12.4. The molecule has 2 aromatic carbocycles. The average molecular weight is 340 g/mol. The molecule has 2 aromatic rings. The normalized spacial score (nSPS) is 15.1. The molecule has 0 atom stereocenters. The Hall–Kier alpha value is -3.06. The predicted octanol–water partition coefficient (Wildman–Crippen LogP) is 1.73. The van der Waals surface area contributed by atoms with E-state index in [1.165, 1.54) is 24.3 Å². The number of carbonyl (C=O) groups is 4. The van der Waals surface area contributed by atoms with E-state index in [2.05, 4.69) is 4.74 Å². The third-order valence-corrected chi connectivity index (χ3v) is 4.05. The number of nitrogens with two attached hydrogens (primary N) is 1. The van der Waals surface area contributed by atoms with Gasteiger partial charge in [-0.25, -0.2) is 9.59 Å². The molecule has 0 aromatic heterocycles. The Morgan fingerprint density at radius 3 is 1.56 bits per heavy atom. The number of nitrogens with zero attached hydrogens (tertiary/aromatic N) is 1. The van der Waals surface area contributed by atoms with Crippen LogP contribution < -0.4 is 5.73 Å². The second-order valence-corrected chi connectivity index (χ2v) is 5.51. The molecule has 4 rings (SSSR count). The highest BCUT2D eigenvalue weighted by Gasteiger charge is 2.37. The number of ether oxygens (including phenoxy) is 1. The lowest BCUT2D eigenvalue weighted by Gasteiger charge is -2.28. The Morgan fingerprint density at radius 1 is 0.800 bits per heavy atom. The van der Waals surface area contributed by atoms with Gasteiger partial charge in [0.1, 0.15) is 0 Å². The number of rotatable bonds is 1. The summed E-state index contributed by atoms with van der Waals surface area (Å²) in [7, 11) is 0. The molecule has 7 nitrogen and oxygen atoms in total. The third kappa shape index (κ3) is 2.32. The minimum absolute atomic E-state index is 0.195. The molecule has 2 aliphatic heterocycles. The largest absolute Gasteiger partial charge is 0.386 e. The molecule has 2 heterocycles. The third-order valence-electron chi connectivity index (χ3n) is 4.05. The van der Waals surface area contributed by atoms with E-state index < -0.39 is 23.8 Å². The van der Waals surface area contributed by atoms with E-state index in [0.29, 0.717) is 21.9 Å². The average Bonchev–Trinajstić information content (AvgIpc) is 2.59. The number of imide groups is 1. The van der Waals surface area contributed by atoms with Gasteiger partial charge in [0.15, 0.2) is 0 Å². The first kappa shape index (κ1) is 16.8. The Morgan fingerprint density at radius 2 is 1.16 bits per heavy atom. The molecule has 2 N–H and O–H groups in total. The van der Waals surface area contributed by atoms with Crippen LogP contribution in [0.2, 0.25) is 0 Å². The van der Waals surface area contributed by atoms with Gasteiger partial charge in [0, 0.05) is 28.4 Å². The van der Waals surface area contributed by atoms with Crippen molar-refractivity contribution in [3.63, 3.8) is 0 Å². The molecule has 0 fully saturated rings. The van der Waals surface area contributed by atoms with E-state index in [4.69, 9.17) is 5.73 Å². The maximum atomic E-state index is 12.4. The van der Waals surface area contributed by atoms with Gasteiger partial charge in [-0.15, -0.1) is 0 Å². The molecule has 0 saturated heterocycles. The summed E-state index contributed by atoms with van der Waals surface area (Å²) in [6.45, 7) is 4.62. The Labute approximate surface area is 143 Å². The van der Waals surface area contributed by atoms with Crippen molar-refractivity contribution in [3.05, 3.63) is 46.5 Å². The maximum Gasteiger partial charge on any atom is 0.346 e. The minimum Gasteiger partial charge on any atom is -0.386 e. The Balaban J connectivity index is 0.000000569. The first-order valence-corrected chi connectivity index (χ1v) is 7.88. The summed E-state index contributed by atoms with van der Waals surface area (Å²) in [6.07, 6.45) is 0. The second kappa shape index (κ2) is 6.10. The number of cyclic esters (lactones) is 2. The van der Waals surface area contributed by atoms with Gasteiger partial charge < -0.3 is 10.5 Å². The molecule has 7 heteroatoms. The molecule has 0 unspecified atom stereocenters. The first-order valence-electron chi connectivity index (χ1n) is 7.88. The molecule has 0 bridgehead atoms. The van der Waals surface area contributed by atoms with E-state index >= 15 is 0 Å². The summed E-state index contributed by atoms with van der Waals surface area (Å²) in [4.78, 5) is 49.8. The molecule has 25 heavy (non-hydrogen) atoms. The van der Waals surface area contributed by atoms with Gasteiger partial charge in [-0.3, -0.25) is 14.5 Å². The molecule has 2 aliphatic rings. The van der Waals surface area contributed by atoms with E-state index in [0.717, 1.165) is 11.4 Å². The van der Waals surface area contributed by atoms with Crippen molar-refractivity contribution in [2.24, 2.45) is 5.73 Å². The van der Waals surface area contributed by atoms with Crippen LogP contribution >= 0.6 is 0 Å². The quantitative estimate of drug-likeness (QED) is 0.481. The highest BCUT2D eigenvalue weighted by molar-refractivity contribution is 6.31. The van der Waals surface area contributed by atoms with Crippen molar-refractivity contribution < 1.29 is 23.9 Å². The van der Waals surface area contributed by atoms with Crippen molar-refractivity contribution in [1.82, 2.24) is 4.90 Å². The van der Waals surface area contributed by atoms with Crippen LogP contribution in [0.25, 0.3) is 10.8 Å². The van der Waals surface area contributed by atoms with Crippen LogP contribution in [0.15, 0.2) is 24.3 Å². The zero-order valence-corrected chi connectivity index (χ0v) is 13.8. The highest BCUT2D eigenvalue weighted by Crippen LogP contribution is 2.36. The van der Waals surface area contributed by atoms with Crippen molar-refractivity contribution >= 4 is 34.5 Å². The Kier molecular flexibility index (Phi) is 4.10. The summed E-state index contributed by atoms with van der Waals surface area (Å²) in [5, 5.41) is 0.688. The van der Waals surface area contributed by atoms with Crippen LogP contribution in [0.5, 0.6) is 0 Å². The lowest BCUT2D eigenvalue weighted by molar-refractivity contribution is 0.0389. The predicted molar refractivity (Wildman–Crippen MR) is 89.5 cm³/mol. The van der Waals surface area contributed by atoms with Crippen LogP contribution in [-0.2, 0) is 4.74 Å². The minimum atomic E-state index is -0.765. The highest BCUT2D eigenvalue weighted by atomic mass is 16.6. The SMILES string of the molecule is CCN.CCN1C(=O)c2ccc3c4c(ccc(c24)C1=O)C(=O)OC3=O. The van der Waals surface area contributed by atoms with Crippen LogP contribution in [0.4, 0.5) is 0 Å². The number of esters is 2. The fourth-order valence-corrected chi connectivity index (χ4v) is 3.06. The topological polar surface area (TPSA) is 107 Å². The van der Waals surface area contributed by atoms with Crippen LogP contribution in [0.3, 0.4) is 0 Å². The van der Waals surface area contributed by atoms with Gasteiger partial charge in [0.2, 0.25) is 0 Å². The molecule has 2 amide bonds. The number of amides is 2. The fourth-order valence-electron chi connectivity index (χ4n) is 3.06. The summed E-state index contributed by atoms with van der Waals surface area (Å²) < 4.78 is 4.67. The molecular formula is C18H16N2O5. The van der Waals surface area contributed by atoms with Gasteiger partial charge in [-0.1, -0.05) is 6.92 Å². The van der Waals surface area contributed by atoms with Crippen molar-refractivity contribution in [3.8, 4) is 0 Å². The number of benzene rings is 2. The van der Waals surface area contributed by atoms with Crippen LogP contribution in [-0.4, -0.2) is 41.7 Å². The zero-order valence-electron chi connectivity index (χ0n) is 13.8. The molecule has 0 aliphatic carbocycles. The van der Waals surface area contributed by atoms with Crippen molar-refractivity contribution in [1.29, 1.82) is 0 Å². The summed E-state index contributed by atoms with van der Waals surface area (Å²) >= 11 is 0. The van der Waals surface area contributed by atoms with Gasteiger partial charge in [-0.2, -0.15) is 0 Å². The van der Waals surface area contributed by atoms with E-state index in [1.807, 2.05) is 6.92 Å². The lowest BCUT2D eigenvalue weighted by Crippen LogP contribution is -2.40. The van der Waals surface area contributed by atoms with Crippen molar-refractivity contribution in [2.45, 2.75) is 13.8 Å². The van der Waals surface area contributed by atoms with E-state index in [9.17, 15) is 19.2 Å². The smallest absolute Gasteiger partial charge is 0.346 e. The van der Waals surface area contributed by atoms with Gasteiger partial charge >= 0.3 is 11.9 Å². The van der Waals surface area contributed by atoms with Gasteiger partial charge in [0.25, 0.3) is 11.8 Å². The number of carbonyl (C=O) groups excluding carboxylic acids is 4. The fraction of sp³-hybridized carbons (Fsp3) is 0.222. The summed E-state index contributed by atoms with van der Waals surface area (Å²) in [5.41, 5.74) is 5.88. The van der Waals surface area contributed by atoms with E-state index in [-0.39, 0.29) is 17.7 Å². The summed E-state index contributed by atoms with van der Waals surface area (Å²) in [5.74, 6) is -2.37. The lowest BCUT2D eigenvalue weighted by atomic mass is 9.87. The first-order chi connectivity index (χ1) is 12.0. The zero-order chi connectivity index (χ0) is 18.3. The Bertz CT molecular complexity index is 879. The molecule has 0 radical (unpaired) electrons. The number of hydrogen-bond donors (Lipinski definition) is 1.